The average molecular weight is 316 g/mol. The van der Waals surface area contributed by atoms with Crippen molar-refractivity contribution < 1.29 is 13.2 Å². The molecule has 0 fully saturated rings. The van der Waals surface area contributed by atoms with E-state index in [2.05, 4.69) is 20.9 Å². The second-order valence-corrected chi connectivity index (χ2v) is 6.36. The van der Waals surface area contributed by atoms with Crippen LogP contribution in [0, 0.1) is 0 Å². The molecule has 0 atom stereocenters. The summed E-state index contributed by atoms with van der Waals surface area (Å²) in [4.78, 5) is 3.93. The van der Waals surface area contributed by atoms with Crippen LogP contribution in [0.4, 0.5) is 0 Å². The number of hydrogen-bond donors (Lipinski definition) is 0. The van der Waals surface area contributed by atoms with Crippen molar-refractivity contribution in [2.45, 2.75) is 6.92 Å². The number of hydrogen-bond acceptors (Lipinski definition) is 4. The Hall–Kier alpha value is -1.14. The molecule has 0 radical (unpaired) electrons. The van der Waals surface area contributed by atoms with Crippen molar-refractivity contribution >= 4 is 30.8 Å². The van der Waals surface area contributed by atoms with Crippen molar-refractivity contribution in [3.63, 3.8) is 0 Å². The van der Waals surface area contributed by atoms with Crippen LogP contribution in [0.15, 0.2) is 44.8 Å². The van der Waals surface area contributed by atoms with Crippen molar-refractivity contribution in [1.82, 2.24) is 0 Å². The average Bonchev–Trinajstić information content (AvgIpc) is 2.52. The van der Waals surface area contributed by atoms with Crippen LogP contribution in [0.1, 0.15) is 6.92 Å². The van der Waals surface area contributed by atoms with Gasteiger partial charge >= 0.3 is 0 Å². The Morgan fingerprint density at radius 3 is 2.47 bits per heavy atom. The fourth-order valence-electron chi connectivity index (χ4n) is 1.31. The lowest BCUT2D eigenvalue weighted by molar-refractivity contribution is 0.351. The van der Waals surface area contributed by atoms with E-state index in [4.69, 9.17) is 4.74 Å². The lowest BCUT2D eigenvalue weighted by Gasteiger charge is -2.04. The highest BCUT2D eigenvalue weighted by Gasteiger charge is 2.20. The largest absolute Gasteiger partial charge is 0.487 e. The van der Waals surface area contributed by atoms with Gasteiger partial charge in [0.2, 0.25) is 9.84 Å². The van der Waals surface area contributed by atoms with Crippen molar-refractivity contribution in [3.05, 3.63) is 39.8 Å². The summed E-state index contributed by atoms with van der Waals surface area (Å²) >= 11 is 3.32. The Morgan fingerprint density at radius 2 is 1.94 bits per heavy atom. The summed E-state index contributed by atoms with van der Waals surface area (Å²) in [7, 11) is -3.28. The molecule has 4 nitrogen and oxygen atoms in total. The molecule has 0 aromatic heterocycles. The van der Waals surface area contributed by atoms with E-state index in [1.807, 2.05) is 12.1 Å². The number of halogens is 1. The van der Waals surface area contributed by atoms with Crippen molar-refractivity contribution in [2.24, 2.45) is 4.99 Å². The summed E-state index contributed by atoms with van der Waals surface area (Å²) < 4.78 is 29.1. The number of aliphatic imine (C=N–C) groups is 1. The molecule has 1 heterocycles. The van der Waals surface area contributed by atoms with E-state index in [1.165, 1.54) is 6.92 Å². The number of benzene rings is 1. The summed E-state index contributed by atoms with van der Waals surface area (Å²) in [5.41, 5.74) is 0.422. The number of rotatable bonds is 3. The lowest BCUT2D eigenvalue weighted by atomic mass is 10.3. The molecule has 0 N–H and O–H groups in total. The van der Waals surface area contributed by atoms with Crippen molar-refractivity contribution in [2.75, 3.05) is 6.61 Å². The van der Waals surface area contributed by atoms with Gasteiger partial charge in [-0.3, -0.25) is 0 Å². The second-order valence-electron chi connectivity index (χ2n) is 3.53. The molecule has 0 aliphatic carbocycles. The van der Waals surface area contributed by atoms with Gasteiger partial charge in [-0.2, -0.15) is 0 Å². The Labute approximate surface area is 108 Å². The predicted molar refractivity (Wildman–Crippen MR) is 69.7 cm³/mol. The minimum Gasteiger partial charge on any atom is -0.487 e. The summed E-state index contributed by atoms with van der Waals surface area (Å²) in [5.74, 6) is 0.672. The summed E-state index contributed by atoms with van der Waals surface area (Å²) in [6.07, 6.45) is 0. The van der Waals surface area contributed by atoms with Gasteiger partial charge in [0, 0.05) is 4.47 Å². The maximum absolute atomic E-state index is 11.4. The van der Waals surface area contributed by atoms with Crippen molar-refractivity contribution in [1.29, 1.82) is 0 Å². The van der Waals surface area contributed by atoms with Gasteiger partial charge in [-0.1, -0.05) is 15.9 Å². The van der Waals surface area contributed by atoms with Crippen LogP contribution in [-0.4, -0.2) is 20.1 Å². The zero-order valence-electron chi connectivity index (χ0n) is 9.05. The zero-order valence-corrected chi connectivity index (χ0v) is 11.5. The van der Waals surface area contributed by atoms with E-state index in [9.17, 15) is 8.42 Å². The van der Waals surface area contributed by atoms with Crippen LogP contribution in [0.3, 0.4) is 0 Å². The maximum atomic E-state index is 11.4. The topological polar surface area (TPSA) is 55.7 Å². The first-order valence-corrected chi connectivity index (χ1v) is 7.21. The molecule has 0 unspecified atom stereocenters. The van der Waals surface area contributed by atoms with E-state index in [-0.39, 0.29) is 11.7 Å². The molecule has 1 aromatic rings. The molecule has 0 spiro atoms. The normalized spacial score (nSPS) is 17.5. The summed E-state index contributed by atoms with van der Waals surface area (Å²) in [6.45, 7) is 1.62. The van der Waals surface area contributed by atoms with Gasteiger partial charge in [0.15, 0.2) is 0 Å². The maximum Gasteiger partial charge on any atom is 0.214 e. The van der Waals surface area contributed by atoms with Crippen LogP contribution in [0.5, 0.6) is 5.75 Å². The smallest absolute Gasteiger partial charge is 0.214 e. The third-order valence-electron chi connectivity index (χ3n) is 2.20. The standard InChI is InChI=1S/C11H10BrNO3S/c1-8-13-10(7-17(8,14)15)6-16-11-4-2-9(12)3-5-11/h2-5,7H,6H2,1H3. The molecule has 6 heteroatoms. The molecule has 0 saturated heterocycles. The predicted octanol–water partition coefficient (Wildman–Crippen LogP) is 2.52. The molecule has 1 aliphatic rings. The van der Waals surface area contributed by atoms with E-state index < -0.39 is 9.84 Å². The highest BCUT2D eigenvalue weighted by atomic mass is 79.9. The van der Waals surface area contributed by atoms with E-state index >= 15 is 0 Å². The molecule has 0 saturated carbocycles. The van der Waals surface area contributed by atoms with Gasteiger partial charge in [-0.15, -0.1) is 0 Å². The number of nitrogens with zero attached hydrogens (tertiary/aromatic N) is 1. The van der Waals surface area contributed by atoms with Crippen LogP contribution >= 0.6 is 15.9 Å². The molecule has 1 aliphatic heterocycles. The van der Waals surface area contributed by atoms with E-state index in [0.717, 1.165) is 9.88 Å². The molecule has 0 bridgehead atoms. The van der Waals surface area contributed by atoms with Crippen LogP contribution in [0.2, 0.25) is 0 Å². The highest BCUT2D eigenvalue weighted by molar-refractivity contribution is 9.10. The lowest BCUT2D eigenvalue weighted by Crippen LogP contribution is -2.01. The van der Waals surface area contributed by atoms with Gasteiger partial charge in [0.05, 0.1) is 11.1 Å². The quantitative estimate of drug-likeness (QED) is 0.861. The van der Waals surface area contributed by atoms with Crippen molar-refractivity contribution in [3.8, 4) is 5.75 Å². The Morgan fingerprint density at radius 1 is 1.29 bits per heavy atom. The SMILES string of the molecule is CC1=NC(COc2ccc(Br)cc2)=CS1(=O)=O. The minimum absolute atomic E-state index is 0.118. The molecule has 0 amide bonds. The third-order valence-corrected chi connectivity index (χ3v) is 4.23. The summed E-state index contributed by atoms with van der Waals surface area (Å²) in [6, 6.07) is 7.29. The van der Waals surface area contributed by atoms with Crippen LogP contribution in [0.25, 0.3) is 0 Å². The zero-order chi connectivity index (χ0) is 12.5. The molecule has 17 heavy (non-hydrogen) atoms. The van der Waals surface area contributed by atoms with Gasteiger partial charge in [-0.25, -0.2) is 13.4 Å². The molecule has 1 aromatic carbocycles. The minimum atomic E-state index is -3.28. The third kappa shape index (κ3) is 2.95. The van der Waals surface area contributed by atoms with E-state index in [0.29, 0.717) is 11.4 Å². The Kier molecular flexibility index (Phi) is 3.35. The van der Waals surface area contributed by atoms with Gasteiger partial charge in [0.1, 0.15) is 17.4 Å². The Balaban J connectivity index is 2.03. The molecule has 90 valence electrons. The first-order chi connectivity index (χ1) is 7.97. The fraction of sp³-hybridized carbons (Fsp3) is 0.182. The van der Waals surface area contributed by atoms with E-state index in [1.54, 1.807) is 12.1 Å². The van der Waals surface area contributed by atoms with Gasteiger partial charge in [-0.05, 0) is 31.2 Å². The molecule has 2 rings (SSSR count). The van der Waals surface area contributed by atoms with Crippen LogP contribution < -0.4 is 4.74 Å². The van der Waals surface area contributed by atoms with Gasteiger partial charge < -0.3 is 4.74 Å². The first-order valence-electron chi connectivity index (χ1n) is 4.87. The van der Waals surface area contributed by atoms with Crippen LogP contribution in [-0.2, 0) is 9.84 Å². The Bertz CT molecular complexity index is 588. The highest BCUT2D eigenvalue weighted by Crippen LogP contribution is 2.19. The molecular formula is C11H10BrNO3S. The second kappa shape index (κ2) is 4.62. The fourth-order valence-corrected chi connectivity index (χ4v) is 2.47. The molecular weight excluding hydrogens is 306 g/mol. The van der Waals surface area contributed by atoms with Gasteiger partial charge in [0.25, 0.3) is 0 Å². The monoisotopic (exact) mass is 315 g/mol. The summed E-state index contributed by atoms with van der Waals surface area (Å²) in [5, 5.41) is 1.26. The number of sulfone groups is 1. The number of ether oxygens (including phenoxy) is 1. The first kappa shape index (κ1) is 12.3.